The number of nitrogens with zero attached hydrogens (tertiary/aromatic N) is 1. The van der Waals surface area contributed by atoms with Crippen LogP contribution in [-0.4, -0.2) is 24.5 Å². The fraction of sp³-hybridized carbons (Fsp3) is 0.385. The normalized spacial score (nSPS) is 10.9. The van der Waals surface area contributed by atoms with E-state index in [-0.39, 0.29) is 0 Å². The first kappa shape index (κ1) is 14.7. The third-order valence-corrected chi connectivity index (χ3v) is 2.62. The molecule has 1 amide bonds. The van der Waals surface area contributed by atoms with Crippen LogP contribution in [0.5, 0.6) is 0 Å². The average Bonchev–Trinajstić information content (AvgIpc) is 2.26. The van der Waals surface area contributed by atoms with Crippen LogP contribution in [0.4, 0.5) is 5.69 Å². The largest absolute Gasteiger partial charge is 0.453 e. The van der Waals surface area contributed by atoms with Gasteiger partial charge in [-0.3, -0.25) is 4.79 Å². The van der Waals surface area contributed by atoms with Crippen LogP contribution in [0.15, 0.2) is 28.7 Å². The molecule has 18 heavy (non-hydrogen) atoms. The second kappa shape index (κ2) is 5.52. The number of anilines is 1. The summed E-state index contributed by atoms with van der Waals surface area (Å²) in [7, 11) is 1.54. The predicted molar refractivity (Wildman–Crippen MR) is 73.4 cm³/mol. The van der Waals surface area contributed by atoms with Crippen LogP contribution < -0.4 is 4.90 Å². The van der Waals surface area contributed by atoms with Gasteiger partial charge in [0.25, 0.3) is 0 Å². The van der Waals surface area contributed by atoms with E-state index in [4.69, 9.17) is 4.74 Å². The predicted octanol–water partition coefficient (Wildman–Crippen LogP) is 2.75. The van der Waals surface area contributed by atoms with Gasteiger partial charge in [0.2, 0.25) is 0 Å². The summed E-state index contributed by atoms with van der Waals surface area (Å²) in [6.07, 6.45) is 0. The first-order valence-electron chi connectivity index (χ1n) is 5.47. The standard InChI is InChI=1S/C13H16BrNO3/c1-13(2,3)18-12(17)11(16)15(4)10-7-5-9(14)6-8-10/h5-8H,1-4H3. The topological polar surface area (TPSA) is 46.6 Å². The number of hydrogen-bond donors (Lipinski definition) is 0. The molecule has 0 aliphatic carbocycles. The van der Waals surface area contributed by atoms with Crippen molar-refractivity contribution in [1.29, 1.82) is 0 Å². The number of hydrogen-bond acceptors (Lipinski definition) is 3. The van der Waals surface area contributed by atoms with Crippen LogP contribution in [0.3, 0.4) is 0 Å². The van der Waals surface area contributed by atoms with Crippen LogP contribution in [-0.2, 0) is 14.3 Å². The van der Waals surface area contributed by atoms with Crippen LogP contribution in [0.1, 0.15) is 20.8 Å². The van der Waals surface area contributed by atoms with Crippen molar-refractivity contribution < 1.29 is 14.3 Å². The Kier molecular flexibility index (Phi) is 4.51. The van der Waals surface area contributed by atoms with Gasteiger partial charge in [-0.15, -0.1) is 0 Å². The highest BCUT2D eigenvalue weighted by Gasteiger charge is 2.26. The van der Waals surface area contributed by atoms with E-state index in [0.29, 0.717) is 5.69 Å². The van der Waals surface area contributed by atoms with Crippen molar-refractivity contribution >= 4 is 33.5 Å². The Labute approximate surface area is 115 Å². The second-order valence-corrected chi connectivity index (χ2v) is 5.76. The lowest BCUT2D eigenvalue weighted by molar-refractivity contribution is -0.162. The van der Waals surface area contributed by atoms with Crippen molar-refractivity contribution in [2.45, 2.75) is 26.4 Å². The highest BCUT2D eigenvalue weighted by molar-refractivity contribution is 9.10. The molecule has 0 radical (unpaired) electrons. The molecule has 0 unspecified atom stereocenters. The van der Waals surface area contributed by atoms with Gasteiger partial charge in [-0.1, -0.05) is 15.9 Å². The molecule has 0 saturated heterocycles. The highest BCUT2D eigenvalue weighted by Crippen LogP contribution is 2.18. The minimum Gasteiger partial charge on any atom is -0.453 e. The lowest BCUT2D eigenvalue weighted by Gasteiger charge is -2.22. The van der Waals surface area contributed by atoms with E-state index in [1.54, 1.807) is 45.0 Å². The SMILES string of the molecule is CN(C(=O)C(=O)OC(C)(C)C)c1ccc(Br)cc1. The molecule has 0 aliphatic rings. The molecule has 0 heterocycles. The van der Waals surface area contributed by atoms with E-state index < -0.39 is 17.5 Å². The molecule has 0 fully saturated rings. The smallest absolute Gasteiger partial charge is 0.397 e. The summed E-state index contributed by atoms with van der Waals surface area (Å²) >= 11 is 3.31. The fourth-order valence-corrected chi connectivity index (χ4v) is 1.50. The number of carbonyl (C=O) groups excluding carboxylic acids is 2. The summed E-state index contributed by atoms with van der Waals surface area (Å²) in [6, 6.07) is 7.08. The number of ether oxygens (including phenoxy) is 1. The molecule has 0 atom stereocenters. The third-order valence-electron chi connectivity index (χ3n) is 2.09. The maximum atomic E-state index is 11.8. The Morgan fingerprint density at radius 2 is 1.67 bits per heavy atom. The molecular formula is C13H16BrNO3. The number of carbonyl (C=O) groups is 2. The second-order valence-electron chi connectivity index (χ2n) is 4.84. The van der Waals surface area contributed by atoms with E-state index in [2.05, 4.69) is 15.9 Å². The molecule has 0 N–H and O–H groups in total. The Hall–Kier alpha value is -1.36. The molecule has 1 aromatic rings. The van der Waals surface area contributed by atoms with Crippen molar-refractivity contribution in [3.8, 4) is 0 Å². The molecule has 4 nitrogen and oxygen atoms in total. The van der Waals surface area contributed by atoms with Gasteiger partial charge in [0, 0.05) is 17.2 Å². The summed E-state index contributed by atoms with van der Waals surface area (Å²) in [5.41, 5.74) is -0.0399. The molecule has 0 saturated carbocycles. The van der Waals surface area contributed by atoms with Gasteiger partial charge in [-0.2, -0.15) is 0 Å². The van der Waals surface area contributed by atoms with Gasteiger partial charge in [-0.05, 0) is 45.0 Å². The zero-order valence-corrected chi connectivity index (χ0v) is 12.4. The lowest BCUT2D eigenvalue weighted by atomic mass is 10.2. The van der Waals surface area contributed by atoms with Crippen molar-refractivity contribution in [2.24, 2.45) is 0 Å². The Morgan fingerprint density at radius 1 is 1.17 bits per heavy atom. The first-order chi connectivity index (χ1) is 8.20. The van der Waals surface area contributed by atoms with Crippen molar-refractivity contribution in [3.63, 3.8) is 0 Å². The molecule has 98 valence electrons. The van der Waals surface area contributed by atoms with Gasteiger partial charge in [0.1, 0.15) is 5.60 Å². The molecule has 0 spiro atoms. The van der Waals surface area contributed by atoms with E-state index >= 15 is 0 Å². The number of benzene rings is 1. The lowest BCUT2D eigenvalue weighted by Crippen LogP contribution is -2.38. The molecule has 0 bridgehead atoms. The Balaban J connectivity index is 2.78. The number of esters is 1. The summed E-state index contributed by atoms with van der Waals surface area (Å²) in [5.74, 6) is -1.54. The minimum absolute atomic E-state index is 0.633. The van der Waals surface area contributed by atoms with Crippen molar-refractivity contribution in [3.05, 3.63) is 28.7 Å². The van der Waals surface area contributed by atoms with Gasteiger partial charge < -0.3 is 9.64 Å². The third kappa shape index (κ3) is 4.14. The number of likely N-dealkylation sites (N-methyl/N-ethyl adjacent to an activating group) is 1. The Bertz CT molecular complexity index is 448. The molecule has 1 aromatic carbocycles. The monoisotopic (exact) mass is 313 g/mol. The first-order valence-corrected chi connectivity index (χ1v) is 6.26. The summed E-state index contributed by atoms with van der Waals surface area (Å²) in [6.45, 7) is 5.16. The molecule has 0 aliphatic heterocycles. The maximum absolute atomic E-state index is 11.8. The Morgan fingerprint density at radius 3 is 2.11 bits per heavy atom. The number of rotatable bonds is 1. The minimum atomic E-state index is -0.854. The maximum Gasteiger partial charge on any atom is 0.397 e. The number of halogens is 1. The van der Waals surface area contributed by atoms with E-state index in [1.807, 2.05) is 0 Å². The molecule has 0 aromatic heterocycles. The van der Waals surface area contributed by atoms with Crippen molar-refractivity contribution in [2.75, 3.05) is 11.9 Å². The van der Waals surface area contributed by atoms with Crippen molar-refractivity contribution in [1.82, 2.24) is 0 Å². The quantitative estimate of drug-likeness (QED) is 0.591. The fourth-order valence-electron chi connectivity index (χ4n) is 1.24. The van der Waals surface area contributed by atoms with Gasteiger partial charge in [0.15, 0.2) is 0 Å². The highest BCUT2D eigenvalue weighted by atomic mass is 79.9. The van der Waals surface area contributed by atoms with E-state index in [1.165, 1.54) is 11.9 Å². The summed E-state index contributed by atoms with van der Waals surface area (Å²) in [4.78, 5) is 24.7. The zero-order chi connectivity index (χ0) is 13.9. The van der Waals surface area contributed by atoms with Gasteiger partial charge in [0.05, 0.1) is 0 Å². The van der Waals surface area contributed by atoms with E-state index in [0.717, 1.165) is 4.47 Å². The van der Waals surface area contributed by atoms with Crippen LogP contribution in [0.25, 0.3) is 0 Å². The average molecular weight is 314 g/mol. The van der Waals surface area contributed by atoms with E-state index in [9.17, 15) is 9.59 Å². The molecule has 1 rings (SSSR count). The van der Waals surface area contributed by atoms with Crippen LogP contribution >= 0.6 is 15.9 Å². The van der Waals surface area contributed by atoms with Gasteiger partial charge in [-0.25, -0.2) is 4.79 Å². The summed E-state index contributed by atoms with van der Waals surface area (Å²) in [5, 5.41) is 0. The van der Waals surface area contributed by atoms with Crippen LogP contribution in [0, 0.1) is 0 Å². The summed E-state index contributed by atoms with van der Waals surface area (Å²) < 4.78 is 5.93. The van der Waals surface area contributed by atoms with Crippen LogP contribution in [0.2, 0.25) is 0 Å². The molecule has 5 heteroatoms. The number of amides is 1. The molecular weight excluding hydrogens is 298 g/mol. The zero-order valence-electron chi connectivity index (χ0n) is 10.9. The van der Waals surface area contributed by atoms with Gasteiger partial charge >= 0.3 is 11.9 Å².